The first-order valence-electron chi connectivity index (χ1n) is 6.66. The molecule has 0 bridgehead atoms. The normalized spacial score (nSPS) is 16.8. The first-order chi connectivity index (χ1) is 8.74. The molecule has 0 spiro atoms. The van der Waals surface area contributed by atoms with Gasteiger partial charge in [-0.05, 0) is 74.7 Å². The number of benzene rings is 1. The van der Waals surface area contributed by atoms with E-state index in [-0.39, 0.29) is 0 Å². The van der Waals surface area contributed by atoms with E-state index in [1.54, 1.807) is 7.11 Å². The first-order valence-corrected chi connectivity index (χ1v) is 7.89. The maximum atomic E-state index is 5.54. The van der Waals surface area contributed by atoms with Gasteiger partial charge in [0.2, 0.25) is 0 Å². The molecule has 0 atom stereocenters. The van der Waals surface area contributed by atoms with E-state index < -0.39 is 0 Å². The molecule has 0 amide bonds. The van der Waals surface area contributed by atoms with Crippen LogP contribution in [-0.4, -0.2) is 26.5 Å². The van der Waals surface area contributed by atoms with Crippen LogP contribution in [0.5, 0.6) is 5.75 Å². The van der Waals surface area contributed by atoms with Crippen molar-refractivity contribution in [3.8, 4) is 5.75 Å². The van der Waals surface area contributed by atoms with E-state index in [1.165, 1.54) is 28.9 Å². The average Bonchev–Trinajstić information content (AvgIpc) is 2.41. The van der Waals surface area contributed by atoms with Crippen LogP contribution in [0.4, 0.5) is 0 Å². The molecule has 0 saturated carbocycles. The van der Waals surface area contributed by atoms with Gasteiger partial charge >= 0.3 is 0 Å². The van der Waals surface area contributed by atoms with E-state index in [4.69, 9.17) is 4.74 Å². The van der Waals surface area contributed by atoms with E-state index >= 15 is 0 Å². The molecular weight excluding hydrogens is 242 g/mol. The Morgan fingerprint density at radius 1 is 1.33 bits per heavy atom. The second-order valence-electron chi connectivity index (χ2n) is 5.03. The number of nitrogens with one attached hydrogen (secondary N) is 1. The standard InChI is InChI=1S/C15H23NOS/c1-11-8-14(17-2)13(10-15(11)18-3)9-12-4-6-16-7-5-12/h8,10,12,16H,4-7,9H2,1-3H3. The number of aryl methyl sites for hydroxylation is 1. The lowest BCUT2D eigenvalue weighted by Crippen LogP contribution is -2.28. The summed E-state index contributed by atoms with van der Waals surface area (Å²) in [7, 11) is 1.78. The van der Waals surface area contributed by atoms with Crippen molar-refractivity contribution in [1.82, 2.24) is 5.32 Å². The number of hydrogen-bond donors (Lipinski definition) is 1. The van der Waals surface area contributed by atoms with Crippen molar-refractivity contribution < 1.29 is 4.74 Å². The van der Waals surface area contributed by atoms with Crippen LogP contribution in [0.15, 0.2) is 17.0 Å². The van der Waals surface area contributed by atoms with Crippen molar-refractivity contribution in [2.75, 3.05) is 26.5 Å². The molecule has 2 rings (SSSR count). The van der Waals surface area contributed by atoms with Crippen LogP contribution in [0.25, 0.3) is 0 Å². The van der Waals surface area contributed by atoms with Crippen LogP contribution < -0.4 is 10.1 Å². The minimum absolute atomic E-state index is 0.803. The second kappa shape index (κ2) is 6.48. The maximum Gasteiger partial charge on any atom is 0.122 e. The Morgan fingerprint density at radius 2 is 2.06 bits per heavy atom. The van der Waals surface area contributed by atoms with Crippen molar-refractivity contribution in [1.29, 1.82) is 0 Å². The zero-order valence-electron chi connectivity index (χ0n) is 11.6. The highest BCUT2D eigenvalue weighted by atomic mass is 32.2. The zero-order chi connectivity index (χ0) is 13.0. The van der Waals surface area contributed by atoms with Gasteiger partial charge in [0.25, 0.3) is 0 Å². The molecule has 1 aromatic carbocycles. The van der Waals surface area contributed by atoms with Crippen molar-refractivity contribution >= 4 is 11.8 Å². The summed E-state index contributed by atoms with van der Waals surface area (Å²) in [6, 6.07) is 4.50. The molecule has 1 saturated heterocycles. The summed E-state index contributed by atoms with van der Waals surface area (Å²) in [6.07, 6.45) is 5.86. The van der Waals surface area contributed by atoms with E-state index in [1.807, 2.05) is 11.8 Å². The highest BCUT2D eigenvalue weighted by Crippen LogP contribution is 2.31. The van der Waals surface area contributed by atoms with Crippen molar-refractivity contribution in [2.45, 2.75) is 31.1 Å². The summed E-state index contributed by atoms with van der Waals surface area (Å²) < 4.78 is 5.54. The molecule has 1 heterocycles. The summed E-state index contributed by atoms with van der Waals surface area (Å²) in [4.78, 5) is 1.37. The fourth-order valence-corrected chi connectivity index (χ4v) is 3.31. The number of hydrogen-bond acceptors (Lipinski definition) is 3. The molecule has 1 aliphatic rings. The number of methoxy groups -OCH3 is 1. The summed E-state index contributed by atoms with van der Waals surface area (Å²) in [5.41, 5.74) is 2.69. The third-order valence-electron chi connectivity index (χ3n) is 3.77. The molecule has 0 unspecified atom stereocenters. The van der Waals surface area contributed by atoms with Crippen LogP contribution in [0.1, 0.15) is 24.0 Å². The Labute approximate surface area is 114 Å². The Hall–Kier alpha value is -0.670. The van der Waals surface area contributed by atoms with Crippen LogP contribution in [-0.2, 0) is 6.42 Å². The van der Waals surface area contributed by atoms with Crippen molar-refractivity contribution in [3.63, 3.8) is 0 Å². The van der Waals surface area contributed by atoms with E-state index in [0.29, 0.717) is 0 Å². The van der Waals surface area contributed by atoms with E-state index in [0.717, 1.165) is 31.2 Å². The van der Waals surface area contributed by atoms with Gasteiger partial charge in [-0.25, -0.2) is 0 Å². The predicted octanol–water partition coefficient (Wildman–Crippen LogP) is 3.27. The molecule has 0 aliphatic carbocycles. The van der Waals surface area contributed by atoms with Gasteiger partial charge in [-0.2, -0.15) is 0 Å². The fourth-order valence-electron chi connectivity index (χ4n) is 2.67. The minimum Gasteiger partial charge on any atom is -0.496 e. The third kappa shape index (κ3) is 3.21. The number of thioether (sulfide) groups is 1. The minimum atomic E-state index is 0.803. The molecule has 100 valence electrons. The second-order valence-corrected chi connectivity index (χ2v) is 5.88. The lowest BCUT2D eigenvalue weighted by atomic mass is 9.90. The average molecular weight is 265 g/mol. The molecule has 1 aliphatic heterocycles. The number of piperidine rings is 1. The van der Waals surface area contributed by atoms with Crippen molar-refractivity contribution in [2.24, 2.45) is 5.92 Å². The highest BCUT2D eigenvalue weighted by molar-refractivity contribution is 7.98. The van der Waals surface area contributed by atoms with Crippen LogP contribution in [0.3, 0.4) is 0 Å². The van der Waals surface area contributed by atoms with Crippen LogP contribution in [0.2, 0.25) is 0 Å². The predicted molar refractivity (Wildman–Crippen MR) is 78.8 cm³/mol. The van der Waals surface area contributed by atoms with Gasteiger partial charge in [-0.3, -0.25) is 0 Å². The van der Waals surface area contributed by atoms with E-state index in [9.17, 15) is 0 Å². The Balaban J connectivity index is 2.18. The molecule has 0 radical (unpaired) electrons. The molecule has 18 heavy (non-hydrogen) atoms. The highest BCUT2D eigenvalue weighted by Gasteiger charge is 2.16. The van der Waals surface area contributed by atoms with E-state index in [2.05, 4.69) is 30.6 Å². The number of rotatable bonds is 4. The summed E-state index contributed by atoms with van der Waals surface area (Å²) in [6.45, 7) is 4.48. The quantitative estimate of drug-likeness (QED) is 0.844. The van der Waals surface area contributed by atoms with Gasteiger partial charge in [0, 0.05) is 4.90 Å². The van der Waals surface area contributed by atoms with Gasteiger partial charge in [0.15, 0.2) is 0 Å². The van der Waals surface area contributed by atoms with Gasteiger partial charge in [-0.1, -0.05) is 0 Å². The van der Waals surface area contributed by atoms with Gasteiger partial charge in [-0.15, -0.1) is 11.8 Å². The summed E-state index contributed by atoms with van der Waals surface area (Å²) in [5.74, 6) is 1.86. The fraction of sp³-hybridized carbons (Fsp3) is 0.600. The Kier molecular flexibility index (Phi) is 4.95. The van der Waals surface area contributed by atoms with Crippen LogP contribution in [0, 0.1) is 12.8 Å². The lowest BCUT2D eigenvalue weighted by Gasteiger charge is -2.24. The van der Waals surface area contributed by atoms with Gasteiger partial charge in [0.1, 0.15) is 5.75 Å². The Morgan fingerprint density at radius 3 is 2.67 bits per heavy atom. The molecule has 1 N–H and O–H groups in total. The van der Waals surface area contributed by atoms with Gasteiger partial charge in [0.05, 0.1) is 7.11 Å². The largest absolute Gasteiger partial charge is 0.496 e. The molecule has 1 fully saturated rings. The smallest absolute Gasteiger partial charge is 0.122 e. The molecule has 2 nitrogen and oxygen atoms in total. The molecule has 0 aromatic heterocycles. The third-order valence-corrected chi connectivity index (χ3v) is 4.64. The van der Waals surface area contributed by atoms with Crippen LogP contribution >= 0.6 is 11.8 Å². The first kappa shape index (κ1) is 13.8. The SMILES string of the molecule is COc1cc(C)c(SC)cc1CC1CCNCC1. The monoisotopic (exact) mass is 265 g/mol. The van der Waals surface area contributed by atoms with Gasteiger partial charge < -0.3 is 10.1 Å². The molecular formula is C15H23NOS. The zero-order valence-corrected chi connectivity index (χ0v) is 12.4. The summed E-state index contributed by atoms with van der Waals surface area (Å²) >= 11 is 1.82. The summed E-state index contributed by atoms with van der Waals surface area (Å²) in [5, 5.41) is 3.43. The Bertz CT molecular complexity index is 400. The number of ether oxygens (including phenoxy) is 1. The lowest BCUT2D eigenvalue weighted by molar-refractivity contribution is 0.360. The maximum absolute atomic E-state index is 5.54. The molecule has 1 aromatic rings. The van der Waals surface area contributed by atoms with Crippen molar-refractivity contribution in [3.05, 3.63) is 23.3 Å². The topological polar surface area (TPSA) is 21.3 Å². The molecule has 3 heteroatoms.